The predicted octanol–water partition coefficient (Wildman–Crippen LogP) is 1.53. The molecule has 23 heavy (non-hydrogen) atoms. The number of hydrogen-bond acceptors (Lipinski definition) is 5. The van der Waals surface area contributed by atoms with Crippen LogP contribution in [0.1, 0.15) is 44.4 Å². The molecule has 1 rings (SSSR count). The number of carbonyl (C=O) groups is 1. The maximum Gasteiger partial charge on any atom is 0.407 e. The van der Waals surface area contributed by atoms with Crippen molar-refractivity contribution in [2.24, 2.45) is 0 Å². The van der Waals surface area contributed by atoms with Crippen LogP contribution in [0.25, 0.3) is 0 Å². The van der Waals surface area contributed by atoms with Crippen molar-refractivity contribution in [2.45, 2.75) is 51.4 Å². The Morgan fingerprint density at radius 3 is 2.35 bits per heavy atom. The highest BCUT2D eigenvalue weighted by molar-refractivity contribution is 5.67. The van der Waals surface area contributed by atoms with E-state index in [1.807, 2.05) is 0 Å². The summed E-state index contributed by atoms with van der Waals surface area (Å²) in [6.07, 6.45) is -1.81. The second kappa shape index (κ2) is 8.86. The Labute approximate surface area is 137 Å². The smallest absolute Gasteiger partial charge is 0.407 e. The van der Waals surface area contributed by atoms with Crippen LogP contribution in [0.15, 0.2) is 24.3 Å². The van der Waals surface area contributed by atoms with E-state index >= 15 is 0 Å². The highest BCUT2D eigenvalue weighted by Gasteiger charge is 2.20. The van der Waals surface area contributed by atoms with Crippen molar-refractivity contribution in [2.75, 3.05) is 13.2 Å². The Morgan fingerprint density at radius 2 is 1.83 bits per heavy atom. The number of hydrogen-bond donors (Lipinski definition) is 4. The van der Waals surface area contributed by atoms with Crippen molar-refractivity contribution in [1.82, 2.24) is 5.32 Å². The molecule has 0 radical (unpaired) electrons. The second-order valence-corrected chi connectivity index (χ2v) is 6.44. The average Bonchev–Trinajstić information content (AvgIpc) is 2.45. The van der Waals surface area contributed by atoms with Gasteiger partial charge in [-0.05, 0) is 44.7 Å². The summed E-state index contributed by atoms with van der Waals surface area (Å²) in [6, 6.07) is 7.06. The quantitative estimate of drug-likeness (QED) is 0.609. The van der Waals surface area contributed by atoms with E-state index in [4.69, 9.17) is 9.84 Å². The van der Waals surface area contributed by atoms with Crippen LogP contribution in [0.5, 0.6) is 0 Å². The van der Waals surface area contributed by atoms with E-state index in [0.29, 0.717) is 12.0 Å². The first kappa shape index (κ1) is 19.4. The Kier molecular flexibility index (Phi) is 7.48. The molecule has 2 unspecified atom stereocenters. The number of nitrogens with one attached hydrogen (secondary N) is 1. The van der Waals surface area contributed by atoms with E-state index in [9.17, 15) is 15.0 Å². The van der Waals surface area contributed by atoms with Crippen molar-refractivity contribution in [3.05, 3.63) is 35.4 Å². The molecule has 1 amide bonds. The maximum absolute atomic E-state index is 11.5. The Balaban J connectivity index is 2.41. The number of amides is 1. The van der Waals surface area contributed by atoms with Crippen LogP contribution in [0, 0.1) is 0 Å². The van der Waals surface area contributed by atoms with E-state index in [1.165, 1.54) is 0 Å². The van der Waals surface area contributed by atoms with Gasteiger partial charge in [0.05, 0.1) is 6.10 Å². The standard InChI is InChI=1S/C17H27NO5/c1-17(2,3)23-16(22)18-10-8-14(20)15(21)13-6-4-12(5-7-13)9-11-19/h4-7,14-15,19-21H,8-11H2,1-3H3,(H,18,22). The third kappa shape index (κ3) is 7.45. The number of alkyl carbamates (subject to hydrolysis) is 1. The normalized spacial score (nSPS) is 14.2. The van der Waals surface area contributed by atoms with Gasteiger partial charge < -0.3 is 25.4 Å². The number of aliphatic hydroxyl groups is 3. The zero-order valence-electron chi connectivity index (χ0n) is 14.0. The molecule has 2 atom stereocenters. The molecule has 1 aromatic carbocycles. The largest absolute Gasteiger partial charge is 0.444 e. The predicted molar refractivity (Wildman–Crippen MR) is 87.1 cm³/mol. The summed E-state index contributed by atoms with van der Waals surface area (Å²) in [5.41, 5.74) is 0.986. The molecule has 6 nitrogen and oxygen atoms in total. The monoisotopic (exact) mass is 325 g/mol. The molecule has 0 aromatic heterocycles. The SMILES string of the molecule is CC(C)(C)OC(=O)NCCC(O)C(O)c1ccc(CCO)cc1. The van der Waals surface area contributed by atoms with Crippen LogP contribution in [0.2, 0.25) is 0 Å². The highest BCUT2D eigenvalue weighted by atomic mass is 16.6. The summed E-state index contributed by atoms with van der Waals surface area (Å²) in [4.78, 5) is 11.5. The fourth-order valence-electron chi connectivity index (χ4n) is 2.03. The van der Waals surface area contributed by atoms with Crippen LogP contribution in [-0.2, 0) is 11.2 Å². The topological polar surface area (TPSA) is 99.0 Å². The van der Waals surface area contributed by atoms with Crippen molar-refractivity contribution in [3.63, 3.8) is 0 Å². The molecule has 1 aromatic rings. The van der Waals surface area contributed by atoms with E-state index < -0.39 is 23.9 Å². The molecule has 0 saturated carbocycles. The van der Waals surface area contributed by atoms with Crippen LogP contribution in [0.3, 0.4) is 0 Å². The third-order valence-electron chi connectivity index (χ3n) is 3.19. The first-order chi connectivity index (χ1) is 10.7. The molecule has 0 bridgehead atoms. The minimum absolute atomic E-state index is 0.0703. The van der Waals surface area contributed by atoms with Gasteiger partial charge in [-0.1, -0.05) is 24.3 Å². The Morgan fingerprint density at radius 1 is 1.22 bits per heavy atom. The van der Waals surface area contributed by atoms with Gasteiger partial charge in [-0.3, -0.25) is 0 Å². The molecule has 0 heterocycles. The number of rotatable bonds is 7. The average molecular weight is 325 g/mol. The van der Waals surface area contributed by atoms with E-state index in [2.05, 4.69) is 5.32 Å². The first-order valence-electron chi connectivity index (χ1n) is 7.75. The summed E-state index contributed by atoms with van der Waals surface area (Å²) >= 11 is 0. The lowest BCUT2D eigenvalue weighted by Crippen LogP contribution is -2.34. The number of benzene rings is 1. The molecule has 4 N–H and O–H groups in total. The van der Waals surface area contributed by atoms with Gasteiger partial charge in [0.2, 0.25) is 0 Å². The molecule has 0 saturated heterocycles. The number of carbonyl (C=O) groups excluding carboxylic acids is 1. The molecule has 6 heteroatoms. The van der Waals surface area contributed by atoms with Crippen molar-refractivity contribution in [1.29, 1.82) is 0 Å². The summed E-state index contributed by atoms with van der Waals surface area (Å²) in [5.74, 6) is 0. The van der Waals surface area contributed by atoms with Crippen molar-refractivity contribution in [3.8, 4) is 0 Å². The fourth-order valence-corrected chi connectivity index (χ4v) is 2.03. The second-order valence-electron chi connectivity index (χ2n) is 6.44. The van der Waals surface area contributed by atoms with Gasteiger partial charge in [0.1, 0.15) is 11.7 Å². The lowest BCUT2D eigenvalue weighted by molar-refractivity contribution is 0.0123. The van der Waals surface area contributed by atoms with Gasteiger partial charge in [0.25, 0.3) is 0 Å². The minimum atomic E-state index is -1.03. The number of aliphatic hydroxyl groups excluding tert-OH is 3. The Hall–Kier alpha value is -1.63. The fraction of sp³-hybridized carbons (Fsp3) is 0.588. The van der Waals surface area contributed by atoms with Gasteiger partial charge in [-0.25, -0.2) is 4.79 Å². The molecule has 0 spiro atoms. The van der Waals surface area contributed by atoms with Gasteiger partial charge in [-0.15, -0.1) is 0 Å². The molecule has 0 aliphatic heterocycles. The maximum atomic E-state index is 11.5. The molecule has 0 fully saturated rings. The number of ether oxygens (including phenoxy) is 1. The lowest BCUT2D eigenvalue weighted by Gasteiger charge is -2.21. The van der Waals surface area contributed by atoms with Crippen molar-refractivity contribution >= 4 is 6.09 Å². The summed E-state index contributed by atoms with van der Waals surface area (Å²) in [7, 11) is 0. The molecule has 0 aliphatic carbocycles. The van der Waals surface area contributed by atoms with Gasteiger partial charge >= 0.3 is 6.09 Å². The zero-order valence-corrected chi connectivity index (χ0v) is 14.0. The lowest BCUT2D eigenvalue weighted by atomic mass is 10.00. The minimum Gasteiger partial charge on any atom is -0.444 e. The summed E-state index contributed by atoms with van der Waals surface area (Å²) in [5, 5.41) is 31.5. The molecule has 0 aliphatic rings. The van der Waals surface area contributed by atoms with Gasteiger partial charge in [0.15, 0.2) is 0 Å². The molecule has 130 valence electrons. The Bertz CT molecular complexity index is 481. The zero-order chi connectivity index (χ0) is 17.5. The van der Waals surface area contributed by atoms with Crippen LogP contribution in [0.4, 0.5) is 4.79 Å². The molecular formula is C17H27NO5. The van der Waals surface area contributed by atoms with Crippen LogP contribution in [-0.4, -0.2) is 46.3 Å². The van der Waals surface area contributed by atoms with Crippen LogP contribution >= 0.6 is 0 Å². The third-order valence-corrected chi connectivity index (χ3v) is 3.19. The summed E-state index contributed by atoms with van der Waals surface area (Å²) in [6.45, 7) is 5.58. The first-order valence-corrected chi connectivity index (χ1v) is 7.75. The van der Waals surface area contributed by atoms with E-state index in [1.54, 1.807) is 45.0 Å². The van der Waals surface area contributed by atoms with Gasteiger partial charge in [0, 0.05) is 13.2 Å². The summed E-state index contributed by atoms with van der Waals surface area (Å²) < 4.78 is 5.09. The molecular weight excluding hydrogens is 298 g/mol. The highest BCUT2D eigenvalue weighted by Crippen LogP contribution is 2.19. The van der Waals surface area contributed by atoms with Gasteiger partial charge in [-0.2, -0.15) is 0 Å². The van der Waals surface area contributed by atoms with E-state index in [-0.39, 0.29) is 19.6 Å². The van der Waals surface area contributed by atoms with Crippen LogP contribution < -0.4 is 5.32 Å². The van der Waals surface area contributed by atoms with Crippen molar-refractivity contribution < 1.29 is 24.9 Å². The van der Waals surface area contributed by atoms with E-state index in [0.717, 1.165) is 5.56 Å².